The molecule has 2 unspecified atom stereocenters. The summed E-state index contributed by atoms with van der Waals surface area (Å²) in [6.07, 6.45) is 3.45. The van der Waals surface area contributed by atoms with Crippen molar-refractivity contribution in [2.45, 2.75) is 0 Å². The van der Waals surface area contributed by atoms with Gasteiger partial charge in [0.25, 0.3) is 0 Å². The molecule has 2 aliphatic heterocycles. The summed E-state index contributed by atoms with van der Waals surface area (Å²) in [5, 5.41) is 18.4. The molecule has 8 heteroatoms. The molecule has 0 radical (unpaired) electrons. The Morgan fingerprint density at radius 1 is 0.682 bits per heavy atom. The number of amides is 4. The van der Waals surface area contributed by atoms with Crippen LogP contribution in [0.5, 0.6) is 0 Å². The first-order valence-corrected chi connectivity index (χ1v) is 7.13. The van der Waals surface area contributed by atoms with E-state index >= 15 is 0 Å². The van der Waals surface area contributed by atoms with Gasteiger partial charge in [0.1, 0.15) is 13.5 Å². The Morgan fingerprint density at radius 2 is 0.955 bits per heavy atom. The summed E-state index contributed by atoms with van der Waals surface area (Å²) in [5.74, 6) is -5.84. The van der Waals surface area contributed by atoms with Crippen LogP contribution in [-0.2, 0) is 19.2 Å². The first kappa shape index (κ1) is 13.6. The lowest BCUT2D eigenvalue weighted by Gasteiger charge is -2.44. The first-order chi connectivity index (χ1) is 10.5. The zero-order valence-electron chi connectivity index (χ0n) is 11.5. The van der Waals surface area contributed by atoms with E-state index in [0.717, 1.165) is 9.80 Å². The fourth-order valence-electron chi connectivity index (χ4n) is 4.63. The molecule has 22 heavy (non-hydrogen) atoms. The van der Waals surface area contributed by atoms with Crippen LogP contribution in [0.1, 0.15) is 0 Å². The molecule has 0 aromatic rings. The van der Waals surface area contributed by atoms with Gasteiger partial charge in [-0.1, -0.05) is 12.2 Å². The Morgan fingerprint density at radius 3 is 1.18 bits per heavy atom. The highest BCUT2D eigenvalue weighted by molar-refractivity contribution is 6.10. The van der Waals surface area contributed by atoms with E-state index in [1.807, 2.05) is 0 Å². The lowest BCUT2D eigenvalue weighted by molar-refractivity contribution is -0.144. The Balaban J connectivity index is 1.81. The summed E-state index contributed by atoms with van der Waals surface area (Å²) in [6, 6.07) is 0. The van der Waals surface area contributed by atoms with Crippen molar-refractivity contribution in [1.82, 2.24) is 9.80 Å². The predicted octanol–water partition coefficient (Wildman–Crippen LogP) is -2.10. The van der Waals surface area contributed by atoms with E-state index in [0.29, 0.717) is 0 Å². The maximum Gasteiger partial charge on any atom is 0.235 e. The lowest BCUT2D eigenvalue weighted by atomic mass is 9.54. The zero-order valence-corrected chi connectivity index (χ0v) is 11.5. The number of rotatable bonds is 2. The molecule has 0 aromatic carbocycles. The van der Waals surface area contributed by atoms with Gasteiger partial charge in [0.2, 0.25) is 23.6 Å². The minimum Gasteiger partial charge on any atom is -0.376 e. The summed E-state index contributed by atoms with van der Waals surface area (Å²) in [5.41, 5.74) is 0. The largest absolute Gasteiger partial charge is 0.376 e. The van der Waals surface area contributed by atoms with Crippen molar-refractivity contribution < 1.29 is 29.4 Å². The third-order valence-corrected chi connectivity index (χ3v) is 5.48. The zero-order chi connectivity index (χ0) is 15.8. The van der Waals surface area contributed by atoms with Gasteiger partial charge in [-0.25, -0.2) is 0 Å². The molecule has 6 atom stereocenters. The second-order valence-corrected chi connectivity index (χ2v) is 6.13. The van der Waals surface area contributed by atoms with Crippen molar-refractivity contribution in [3.05, 3.63) is 12.2 Å². The Labute approximate surface area is 125 Å². The number of allylic oxidation sites excluding steroid dienone is 2. The molecule has 4 amide bonds. The maximum atomic E-state index is 12.4. The van der Waals surface area contributed by atoms with E-state index in [1.165, 1.54) is 0 Å². The van der Waals surface area contributed by atoms with Crippen LogP contribution in [0.2, 0.25) is 0 Å². The number of nitrogens with zero attached hydrogens (tertiary/aromatic N) is 2. The number of aliphatic hydroxyl groups excluding tert-OH is 2. The number of hydrogen-bond donors (Lipinski definition) is 2. The van der Waals surface area contributed by atoms with Gasteiger partial charge in [-0.2, -0.15) is 0 Å². The molecule has 5 rings (SSSR count). The van der Waals surface area contributed by atoms with E-state index in [4.69, 9.17) is 0 Å². The van der Waals surface area contributed by atoms with Gasteiger partial charge in [-0.05, 0) is 0 Å². The van der Waals surface area contributed by atoms with Crippen LogP contribution >= 0.6 is 0 Å². The van der Waals surface area contributed by atoms with Gasteiger partial charge in [0.05, 0.1) is 23.7 Å². The van der Waals surface area contributed by atoms with Crippen LogP contribution in [-0.4, -0.2) is 57.1 Å². The van der Waals surface area contributed by atoms with Crippen molar-refractivity contribution in [2.75, 3.05) is 13.5 Å². The Hall–Kier alpha value is -2.06. The quantitative estimate of drug-likeness (QED) is 0.446. The van der Waals surface area contributed by atoms with E-state index in [1.54, 1.807) is 12.2 Å². The highest BCUT2D eigenvalue weighted by Crippen LogP contribution is 2.57. The van der Waals surface area contributed by atoms with Crippen molar-refractivity contribution in [3.8, 4) is 0 Å². The van der Waals surface area contributed by atoms with Crippen molar-refractivity contribution in [1.29, 1.82) is 0 Å². The maximum absolute atomic E-state index is 12.4. The molecular formula is C14H14N2O6. The van der Waals surface area contributed by atoms with Crippen LogP contribution in [0.4, 0.5) is 0 Å². The van der Waals surface area contributed by atoms with Crippen LogP contribution in [0.3, 0.4) is 0 Å². The highest BCUT2D eigenvalue weighted by atomic mass is 16.3. The molecule has 3 fully saturated rings. The number of carbonyl (C=O) groups is 4. The summed E-state index contributed by atoms with van der Waals surface area (Å²) in [6.45, 7) is -1.38. The van der Waals surface area contributed by atoms with Gasteiger partial charge in [0.15, 0.2) is 0 Å². The second-order valence-electron chi connectivity index (χ2n) is 6.13. The molecule has 8 nitrogen and oxygen atoms in total. The topological polar surface area (TPSA) is 115 Å². The van der Waals surface area contributed by atoms with Gasteiger partial charge in [0, 0.05) is 11.8 Å². The molecule has 0 aromatic heterocycles. The molecule has 5 aliphatic rings. The number of imide groups is 2. The molecule has 3 aliphatic carbocycles. The molecule has 1 saturated carbocycles. The Kier molecular flexibility index (Phi) is 2.62. The van der Waals surface area contributed by atoms with Crippen molar-refractivity contribution in [2.24, 2.45) is 35.5 Å². The van der Waals surface area contributed by atoms with E-state index < -0.39 is 72.6 Å². The number of likely N-dealkylation sites (tertiary alicyclic amines) is 2. The highest BCUT2D eigenvalue weighted by Gasteiger charge is 2.68. The monoisotopic (exact) mass is 306 g/mol. The van der Waals surface area contributed by atoms with E-state index in [-0.39, 0.29) is 0 Å². The molecule has 2 bridgehead atoms. The minimum absolute atomic E-state index is 0.488. The SMILES string of the molecule is O=C1[C@@H]2C3C=CC([C@H]2C(=O)N1CO)[C@@H]1C(=O)N(CO)C(=O)[C@@H]31. The third kappa shape index (κ3) is 1.30. The van der Waals surface area contributed by atoms with Gasteiger partial charge >= 0.3 is 0 Å². The molecule has 0 spiro atoms. The fourth-order valence-corrected chi connectivity index (χ4v) is 4.63. The third-order valence-electron chi connectivity index (χ3n) is 5.48. The normalized spacial score (nSPS) is 42.5. The van der Waals surface area contributed by atoms with Gasteiger partial charge < -0.3 is 10.2 Å². The average Bonchev–Trinajstić information content (AvgIpc) is 2.94. The Bertz CT molecular complexity index is 545. The van der Waals surface area contributed by atoms with Crippen molar-refractivity contribution >= 4 is 23.6 Å². The molecule has 2 heterocycles. The minimum atomic E-state index is -0.703. The molecule has 116 valence electrons. The van der Waals surface area contributed by atoms with Crippen LogP contribution in [0.15, 0.2) is 12.2 Å². The number of hydrogen-bond acceptors (Lipinski definition) is 6. The summed E-state index contributed by atoms with van der Waals surface area (Å²) < 4.78 is 0. The first-order valence-electron chi connectivity index (χ1n) is 7.13. The smallest absolute Gasteiger partial charge is 0.235 e. The predicted molar refractivity (Wildman–Crippen MR) is 68.0 cm³/mol. The second kappa shape index (κ2) is 4.23. The van der Waals surface area contributed by atoms with E-state index in [9.17, 15) is 29.4 Å². The average molecular weight is 306 g/mol. The van der Waals surface area contributed by atoms with E-state index in [2.05, 4.69) is 0 Å². The van der Waals surface area contributed by atoms with Gasteiger partial charge in [-0.15, -0.1) is 0 Å². The van der Waals surface area contributed by atoms with Crippen LogP contribution in [0.25, 0.3) is 0 Å². The van der Waals surface area contributed by atoms with Crippen LogP contribution in [0, 0.1) is 35.5 Å². The molecule has 2 N–H and O–H groups in total. The van der Waals surface area contributed by atoms with Crippen LogP contribution < -0.4 is 0 Å². The fraction of sp³-hybridized carbons (Fsp3) is 0.571. The molecule has 2 saturated heterocycles. The lowest BCUT2D eigenvalue weighted by Crippen LogP contribution is -2.50. The summed E-state index contributed by atoms with van der Waals surface area (Å²) in [4.78, 5) is 51.0. The van der Waals surface area contributed by atoms with Gasteiger partial charge in [-0.3, -0.25) is 29.0 Å². The molecular weight excluding hydrogens is 292 g/mol. The summed E-state index contributed by atoms with van der Waals surface area (Å²) >= 11 is 0. The standard InChI is InChI=1S/C14H14N2O6/c17-3-15-11(19)7-5-1-2-6(9(7)13(15)21)10-8(5)12(20)16(4-18)14(10)22/h1-2,5-10,17-18H,3-4H2/t5?,6?,7-,8+,9-,10+. The number of aliphatic hydroxyl groups is 2. The number of carbonyl (C=O) groups excluding carboxylic acids is 4. The van der Waals surface area contributed by atoms with Crippen molar-refractivity contribution in [3.63, 3.8) is 0 Å². The summed E-state index contributed by atoms with van der Waals surface area (Å²) in [7, 11) is 0.